The fraction of sp³-hybridized carbons (Fsp3) is 0.364. The van der Waals surface area contributed by atoms with Crippen LogP contribution >= 0.6 is 15.9 Å². The number of hydrogen-bond donors (Lipinski definition) is 1. The fourth-order valence-corrected chi connectivity index (χ4v) is 2.04. The second-order valence-electron chi connectivity index (χ2n) is 3.35. The van der Waals surface area contributed by atoms with Crippen molar-refractivity contribution in [1.82, 2.24) is 0 Å². The van der Waals surface area contributed by atoms with E-state index in [0.29, 0.717) is 13.0 Å². The van der Waals surface area contributed by atoms with E-state index in [1.807, 2.05) is 26.0 Å². The third-order valence-electron chi connectivity index (χ3n) is 2.19. The highest BCUT2D eigenvalue weighted by Gasteiger charge is 2.13. The van der Waals surface area contributed by atoms with Gasteiger partial charge in [0, 0.05) is 16.5 Å². The number of nitrogens with two attached hydrogens (primary N) is 1. The van der Waals surface area contributed by atoms with Crippen molar-refractivity contribution < 1.29 is 4.79 Å². The molecule has 1 aromatic carbocycles. The number of benzene rings is 1. The van der Waals surface area contributed by atoms with E-state index in [1.165, 1.54) is 0 Å². The number of carbonyl (C=O) groups excluding carboxylic acids is 1. The van der Waals surface area contributed by atoms with E-state index in [1.54, 1.807) is 0 Å². The molecule has 0 aliphatic carbocycles. The molecule has 0 aliphatic rings. The van der Waals surface area contributed by atoms with E-state index in [2.05, 4.69) is 15.9 Å². The first kappa shape index (κ1) is 11.4. The predicted molar refractivity (Wildman–Crippen MR) is 61.6 cm³/mol. The summed E-state index contributed by atoms with van der Waals surface area (Å²) >= 11 is 3.44. The van der Waals surface area contributed by atoms with Crippen LogP contribution in [0.4, 0.5) is 0 Å². The highest BCUT2D eigenvalue weighted by molar-refractivity contribution is 9.10. The maximum Gasteiger partial charge on any atom is 0.165 e. The molecule has 0 fully saturated rings. The van der Waals surface area contributed by atoms with Crippen molar-refractivity contribution in [2.75, 3.05) is 6.54 Å². The first-order valence-electron chi connectivity index (χ1n) is 4.57. The van der Waals surface area contributed by atoms with Gasteiger partial charge in [0.05, 0.1) is 0 Å². The lowest BCUT2D eigenvalue weighted by molar-refractivity contribution is 0.0984. The van der Waals surface area contributed by atoms with Crippen LogP contribution in [0.5, 0.6) is 0 Å². The zero-order valence-electron chi connectivity index (χ0n) is 8.43. The lowest BCUT2D eigenvalue weighted by Crippen LogP contribution is -2.10. The highest BCUT2D eigenvalue weighted by atomic mass is 79.9. The van der Waals surface area contributed by atoms with Crippen LogP contribution in [0.1, 0.15) is 27.9 Å². The van der Waals surface area contributed by atoms with E-state index in [-0.39, 0.29) is 5.78 Å². The van der Waals surface area contributed by atoms with Gasteiger partial charge in [-0.15, -0.1) is 0 Å². The zero-order chi connectivity index (χ0) is 10.7. The van der Waals surface area contributed by atoms with Gasteiger partial charge in [-0.1, -0.05) is 12.1 Å². The fourth-order valence-electron chi connectivity index (χ4n) is 1.38. The molecule has 0 aliphatic heterocycles. The average Bonchev–Trinajstić information content (AvgIpc) is 2.13. The van der Waals surface area contributed by atoms with E-state index < -0.39 is 0 Å². The largest absolute Gasteiger partial charge is 0.330 e. The number of carbonyl (C=O) groups is 1. The normalized spacial score (nSPS) is 10.3. The van der Waals surface area contributed by atoms with Crippen LogP contribution < -0.4 is 5.73 Å². The molecule has 2 nitrogen and oxygen atoms in total. The molecule has 0 heterocycles. The second-order valence-corrected chi connectivity index (χ2v) is 4.14. The molecule has 1 rings (SSSR count). The summed E-state index contributed by atoms with van der Waals surface area (Å²) in [6, 6.07) is 3.96. The molecule has 76 valence electrons. The Morgan fingerprint density at radius 2 is 1.93 bits per heavy atom. The molecule has 2 N–H and O–H groups in total. The molecule has 1 aromatic rings. The third kappa shape index (κ3) is 2.22. The minimum Gasteiger partial charge on any atom is -0.330 e. The minimum absolute atomic E-state index is 0.112. The summed E-state index contributed by atoms with van der Waals surface area (Å²) in [5.41, 5.74) is 8.22. The van der Waals surface area contributed by atoms with Crippen LogP contribution in [-0.4, -0.2) is 12.3 Å². The van der Waals surface area contributed by atoms with Gasteiger partial charge in [0.15, 0.2) is 5.78 Å². The van der Waals surface area contributed by atoms with Gasteiger partial charge in [-0.2, -0.15) is 0 Å². The summed E-state index contributed by atoms with van der Waals surface area (Å²) in [5.74, 6) is 0.112. The van der Waals surface area contributed by atoms with Crippen LogP contribution in [-0.2, 0) is 0 Å². The Bertz CT molecular complexity index is 361. The van der Waals surface area contributed by atoms with Gasteiger partial charge in [0.2, 0.25) is 0 Å². The number of rotatable bonds is 3. The predicted octanol–water partition coefficient (Wildman–Crippen LogP) is 2.60. The average molecular weight is 256 g/mol. The number of aryl methyl sites for hydroxylation is 2. The third-order valence-corrected chi connectivity index (χ3v) is 3.22. The topological polar surface area (TPSA) is 43.1 Å². The van der Waals surface area contributed by atoms with Gasteiger partial charge in [-0.3, -0.25) is 4.79 Å². The van der Waals surface area contributed by atoms with Crippen LogP contribution in [0.3, 0.4) is 0 Å². The monoisotopic (exact) mass is 255 g/mol. The van der Waals surface area contributed by atoms with Gasteiger partial charge in [-0.05, 0) is 47.4 Å². The molecule has 0 radical (unpaired) electrons. The molecular weight excluding hydrogens is 242 g/mol. The Kier molecular flexibility index (Phi) is 3.84. The van der Waals surface area contributed by atoms with Crippen LogP contribution in [0.2, 0.25) is 0 Å². The Morgan fingerprint density at radius 3 is 2.50 bits per heavy atom. The molecule has 0 saturated heterocycles. The summed E-state index contributed by atoms with van der Waals surface area (Å²) in [6.45, 7) is 4.31. The summed E-state index contributed by atoms with van der Waals surface area (Å²) in [7, 11) is 0. The number of Topliss-reactive ketones (excluding diaryl/α,β-unsaturated/α-hetero) is 1. The molecule has 0 spiro atoms. The van der Waals surface area contributed by atoms with Gasteiger partial charge < -0.3 is 5.73 Å². The Labute approximate surface area is 92.6 Å². The van der Waals surface area contributed by atoms with Crippen molar-refractivity contribution in [1.29, 1.82) is 0 Å². The standard InChI is InChI=1S/C11H14BrNO/c1-7-3-4-8(2)11(12)10(7)9(14)5-6-13/h3-4H,5-6,13H2,1-2H3. The van der Waals surface area contributed by atoms with E-state index >= 15 is 0 Å². The van der Waals surface area contributed by atoms with Crippen molar-refractivity contribution in [3.8, 4) is 0 Å². The molecule has 0 unspecified atom stereocenters. The molecule has 14 heavy (non-hydrogen) atoms. The van der Waals surface area contributed by atoms with E-state index in [4.69, 9.17) is 5.73 Å². The van der Waals surface area contributed by atoms with Crippen LogP contribution in [0.15, 0.2) is 16.6 Å². The quantitative estimate of drug-likeness (QED) is 0.844. The maximum absolute atomic E-state index is 11.7. The number of halogens is 1. The number of hydrogen-bond acceptors (Lipinski definition) is 2. The SMILES string of the molecule is Cc1ccc(C)c(C(=O)CCN)c1Br. The summed E-state index contributed by atoms with van der Waals surface area (Å²) < 4.78 is 0.899. The number of ketones is 1. The van der Waals surface area contributed by atoms with E-state index in [9.17, 15) is 4.79 Å². The summed E-state index contributed by atoms with van der Waals surface area (Å²) in [6.07, 6.45) is 0.406. The Morgan fingerprint density at radius 1 is 1.36 bits per heavy atom. The molecule has 0 aromatic heterocycles. The van der Waals surface area contributed by atoms with E-state index in [0.717, 1.165) is 21.2 Å². The highest BCUT2D eigenvalue weighted by Crippen LogP contribution is 2.25. The van der Waals surface area contributed by atoms with Gasteiger partial charge in [0.1, 0.15) is 0 Å². The van der Waals surface area contributed by atoms with Gasteiger partial charge in [-0.25, -0.2) is 0 Å². The second kappa shape index (κ2) is 4.71. The molecule has 0 atom stereocenters. The molecule has 0 amide bonds. The first-order chi connectivity index (χ1) is 6.57. The lowest BCUT2D eigenvalue weighted by Gasteiger charge is -2.09. The summed E-state index contributed by atoms with van der Waals surface area (Å²) in [5, 5.41) is 0. The van der Waals surface area contributed by atoms with Crippen molar-refractivity contribution in [2.45, 2.75) is 20.3 Å². The molecule has 0 saturated carbocycles. The van der Waals surface area contributed by atoms with Crippen molar-refractivity contribution in [3.05, 3.63) is 33.3 Å². The van der Waals surface area contributed by atoms with Crippen LogP contribution in [0, 0.1) is 13.8 Å². The first-order valence-corrected chi connectivity index (χ1v) is 5.36. The van der Waals surface area contributed by atoms with Gasteiger partial charge >= 0.3 is 0 Å². The molecule has 0 bridgehead atoms. The lowest BCUT2D eigenvalue weighted by atomic mass is 10.0. The maximum atomic E-state index is 11.7. The smallest absolute Gasteiger partial charge is 0.165 e. The van der Waals surface area contributed by atoms with Crippen molar-refractivity contribution in [2.24, 2.45) is 5.73 Å². The summed E-state index contributed by atoms with van der Waals surface area (Å²) in [4.78, 5) is 11.7. The van der Waals surface area contributed by atoms with Gasteiger partial charge in [0.25, 0.3) is 0 Å². The molecular formula is C11H14BrNO. The van der Waals surface area contributed by atoms with Crippen LogP contribution in [0.25, 0.3) is 0 Å². The molecule has 3 heteroatoms. The van der Waals surface area contributed by atoms with Crippen molar-refractivity contribution >= 4 is 21.7 Å². The van der Waals surface area contributed by atoms with Crippen molar-refractivity contribution in [3.63, 3.8) is 0 Å². The minimum atomic E-state index is 0.112. The zero-order valence-corrected chi connectivity index (χ0v) is 10.0. The Hall–Kier alpha value is -0.670. The Balaban J connectivity index is 3.18.